The van der Waals surface area contributed by atoms with Gasteiger partial charge in [0.15, 0.2) is 12.4 Å². The molecule has 0 fully saturated rings. The van der Waals surface area contributed by atoms with Crippen molar-refractivity contribution in [1.82, 2.24) is 0 Å². The van der Waals surface area contributed by atoms with E-state index in [9.17, 15) is 5.21 Å². The van der Waals surface area contributed by atoms with E-state index < -0.39 is 0 Å². The molecule has 0 aliphatic heterocycles. The maximum absolute atomic E-state index is 9.48. The van der Waals surface area contributed by atoms with Crippen LogP contribution in [0.3, 0.4) is 0 Å². The number of hydrogen-bond acceptors (Lipinski definition) is 1. The zero-order valence-electron chi connectivity index (χ0n) is 8.50. The van der Waals surface area contributed by atoms with Crippen LogP contribution < -0.4 is 57.3 Å². The van der Waals surface area contributed by atoms with Gasteiger partial charge in [-0.25, -0.2) is 0 Å². The van der Waals surface area contributed by atoms with Crippen molar-refractivity contribution >= 4 is 0 Å². The molecule has 3 nitrogen and oxygen atoms in total. The summed E-state index contributed by atoms with van der Waals surface area (Å²) in [5.41, 5.74) is 0.851. The molecular formula is C11H12I2N2O. The molecule has 86 valence electrons. The molecule has 0 unspecified atom stereocenters. The molecule has 1 N–H and O–H groups in total. The van der Waals surface area contributed by atoms with Gasteiger partial charge in [-0.05, 0) is 6.07 Å². The van der Waals surface area contributed by atoms with Gasteiger partial charge in [-0.15, -0.1) is 0 Å². The van der Waals surface area contributed by atoms with Crippen molar-refractivity contribution in [2.45, 2.75) is 6.54 Å². The number of pyridine rings is 2. The van der Waals surface area contributed by atoms with Gasteiger partial charge in [0, 0.05) is 29.0 Å². The lowest BCUT2D eigenvalue weighted by Crippen LogP contribution is -3.00. The van der Waals surface area contributed by atoms with Crippen molar-refractivity contribution in [2.24, 2.45) is 0 Å². The summed E-state index contributed by atoms with van der Waals surface area (Å²) < 4.78 is 3.14. The number of rotatable bonds is 2. The van der Waals surface area contributed by atoms with Crippen LogP contribution in [0.2, 0.25) is 0 Å². The topological polar surface area (TPSA) is 28.0 Å². The van der Waals surface area contributed by atoms with Crippen molar-refractivity contribution in [2.75, 3.05) is 0 Å². The second kappa shape index (κ2) is 7.77. The summed E-state index contributed by atoms with van der Waals surface area (Å²) in [6, 6.07) is 11.5. The van der Waals surface area contributed by atoms with Crippen LogP contribution in [0.1, 0.15) is 5.69 Å². The minimum atomic E-state index is 0. The van der Waals surface area contributed by atoms with Crippen molar-refractivity contribution in [3.05, 3.63) is 60.7 Å². The maximum atomic E-state index is 9.48. The monoisotopic (exact) mass is 442 g/mol. The third-order valence-corrected chi connectivity index (χ3v) is 2.04. The first-order valence-corrected chi connectivity index (χ1v) is 4.49. The first-order valence-electron chi connectivity index (χ1n) is 4.49. The lowest BCUT2D eigenvalue weighted by Gasteiger charge is -1.93. The van der Waals surface area contributed by atoms with E-state index in [4.69, 9.17) is 0 Å². The molecule has 2 heterocycles. The Labute approximate surface area is 129 Å². The van der Waals surface area contributed by atoms with E-state index in [2.05, 4.69) is 0 Å². The molecule has 0 saturated heterocycles. The number of halogens is 2. The number of aromatic nitrogens is 2. The highest BCUT2D eigenvalue weighted by Crippen LogP contribution is 1.89. The third kappa shape index (κ3) is 4.20. The third-order valence-electron chi connectivity index (χ3n) is 2.04. The fraction of sp³-hybridized carbons (Fsp3) is 0.0909. The highest BCUT2D eigenvalue weighted by molar-refractivity contribution is 4.95. The average Bonchev–Trinajstić information content (AvgIpc) is 2.23. The highest BCUT2D eigenvalue weighted by atomic mass is 127. The van der Waals surface area contributed by atoms with E-state index in [0.29, 0.717) is 6.54 Å². The van der Waals surface area contributed by atoms with Gasteiger partial charge in [0.1, 0.15) is 0 Å². The molecular weight excluding hydrogens is 430 g/mol. The summed E-state index contributed by atoms with van der Waals surface area (Å²) in [4.78, 5) is 0. The first-order chi connectivity index (χ1) is 6.86. The smallest absolute Gasteiger partial charge is 0.298 e. The van der Waals surface area contributed by atoms with Crippen LogP contribution in [0.15, 0.2) is 55.0 Å². The van der Waals surface area contributed by atoms with E-state index >= 15 is 0 Å². The quantitative estimate of drug-likeness (QED) is 0.281. The summed E-state index contributed by atoms with van der Waals surface area (Å²) in [7, 11) is 0. The summed E-state index contributed by atoms with van der Waals surface area (Å²) in [6.45, 7) is 0.665. The lowest BCUT2D eigenvalue weighted by atomic mass is 10.3. The molecule has 0 radical (unpaired) electrons. The van der Waals surface area contributed by atoms with E-state index in [1.165, 1.54) is 0 Å². The van der Waals surface area contributed by atoms with Crippen LogP contribution in [0, 0.1) is 0 Å². The fourth-order valence-corrected chi connectivity index (χ4v) is 1.32. The molecule has 2 aromatic heterocycles. The zero-order chi connectivity index (χ0) is 9.80. The molecule has 0 aliphatic carbocycles. The fourth-order valence-electron chi connectivity index (χ4n) is 1.32. The molecule has 0 aliphatic rings. The Bertz CT molecular complexity index is 423. The van der Waals surface area contributed by atoms with E-state index in [-0.39, 0.29) is 48.0 Å². The van der Waals surface area contributed by atoms with Gasteiger partial charge in [0.05, 0.1) is 0 Å². The zero-order valence-corrected chi connectivity index (χ0v) is 12.8. The van der Waals surface area contributed by atoms with Crippen molar-refractivity contribution < 1.29 is 62.5 Å². The normalized spacial score (nSPS) is 8.75. The SMILES string of the molecule is O[n+]1ccccc1C[n+]1ccccc1.[I-].[I-]. The van der Waals surface area contributed by atoms with Gasteiger partial charge in [-0.2, -0.15) is 4.57 Å². The molecule has 0 aromatic carbocycles. The summed E-state index contributed by atoms with van der Waals surface area (Å²) >= 11 is 0. The van der Waals surface area contributed by atoms with Crippen LogP contribution in [-0.2, 0) is 6.54 Å². The molecule has 0 amide bonds. The van der Waals surface area contributed by atoms with Crippen LogP contribution in [0.5, 0.6) is 0 Å². The Hall–Kier alpha value is -0.440. The Morgan fingerprint density at radius 3 is 2.12 bits per heavy atom. The number of hydrogen-bond donors (Lipinski definition) is 1. The Morgan fingerprint density at radius 1 is 0.875 bits per heavy atom. The molecule has 0 bridgehead atoms. The minimum absolute atomic E-state index is 0. The van der Waals surface area contributed by atoms with Crippen LogP contribution in [-0.4, -0.2) is 5.21 Å². The molecule has 2 aromatic rings. The van der Waals surface area contributed by atoms with Gasteiger partial charge in [-0.1, -0.05) is 6.07 Å². The van der Waals surface area contributed by atoms with Gasteiger partial charge < -0.3 is 48.0 Å². The van der Waals surface area contributed by atoms with E-state index in [1.807, 2.05) is 47.3 Å². The molecule has 0 saturated carbocycles. The van der Waals surface area contributed by atoms with Crippen LogP contribution in [0.4, 0.5) is 0 Å². The van der Waals surface area contributed by atoms with Crippen LogP contribution in [0.25, 0.3) is 0 Å². The van der Waals surface area contributed by atoms with Crippen molar-refractivity contribution in [3.8, 4) is 0 Å². The van der Waals surface area contributed by atoms with E-state index in [1.54, 1.807) is 12.3 Å². The molecule has 0 atom stereocenters. The maximum Gasteiger partial charge on any atom is 0.298 e. The second-order valence-corrected chi connectivity index (χ2v) is 3.08. The standard InChI is InChI=1S/C11H12N2O.2HI/c14-13-9-5-2-6-11(13)10-12-7-3-1-4-8-12;;/h1-9,14H,10H2;2*1H/q+2;;/p-2. The Kier molecular flexibility index (Phi) is 7.56. The van der Waals surface area contributed by atoms with Gasteiger partial charge >= 0.3 is 0 Å². The number of nitrogens with zero attached hydrogens (tertiary/aromatic N) is 2. The largest absolute Gasteiger partial charge is 1.00 e. The van der Waals surface area contributed by atoms with Crippen molar-refractivity contribution in [3.63, 3.8) is 0 Å². The van der Waals surface area contributed by atoms with Gasteiger partial charge in [-0.3, -0.25) is 5.21 Å². The second-order valence-electron chi connectivity index (χ2n) is 3.08. The summed E-state index contributed by atoms with van der Waals surface area (Å²) in [5, 5.41) is 9.48. The Balaban J connectivity index is 0.00000112. The molecule has 0 spiro atoms. The first kappa shape index (κ1) is 15.6. The van der Waals surface area contributed by atoms with Gasteiger partial charge in [0.25, 0.3) is 5.69 Å². The summed E-state index contributed by atoms with van der Waals surface area (Å²) in [5.74, 6) is 0. The average molecular weight is 442 g/mol. The highest BCUT2D eigenvalue weighted by Gasteiger charge is 2.12. The lowest BCUT2D eigenvalue weighted by molar-refractivity contribution is -0.918. The van der Waals surface area contributed by atoms with Gasteiger partial charge in [0.2, 0.25) is 12.7 Å². The Morgan fingerprint density at radius 2 is 1.50 bits per heavy atom. The van der Waals surface area contributed by atoms with Crippen molar-refractivity contribution in [1.29, 1.82) is 0 Å². The molecule has 16 heavy (non-hydrogen) atoms. The van der Waals surface area contributed by atoms with E-state index in [0.717, 1.165) is 10.4 Å². The predicted octanol–water partition coefficient (Wildman–Crippen LogP) is -5.44. The molecule has 5 heteroatoms. The predicted molar refractivity (Wildman–Crippen MR) is 49.6 cm³/mol. The van der Waals surface area contributed by atoms with Crippen LogP contribution >= 0.6 is 0 Å². The minimum Gasteiger partial charge on any atom is -1.00 e. The molecule has 2 rings (SSSR count). The summed E-state index contributed by atoms with van der Waals surface area (Å²) in [6.07, 6.45) is 5.55.